The van der Waals surface area contributed by atoms with Gasteiger partial charge in [-0.3, -0.25) is 0 Å². The van der Waals surface area contributed by atoms with Gasteiger partial charge in [-0.05, 0) is 46.9 Å². The van der Waals surface area contributed by atoms with Crippen molar-refractivity contribution in [3.05, 3.63) is 44.7 Å². The summed E-state index contributed by atoms with van der Waals surface area (Å²) in [5.74, 6) is 0. The Hall–Kier alpha value is -0.760. The SMILES string of the molecule is FC(F)(F)c1ccc(-n2ncc(I)c2Cl)cc1. The molecule has 0 bridgehead atoms. The number of hydrogen-bond acceptors (Lipinski definition) is 1. The lowest BCUT2D eigenvalue weighted by Gasteiger charge is -2.08. The van der Waals surface area contributed by atoms with Gasteiger partial charge < -0.3 is 0 Å². The first-order valence-electron chi connectivity index (χ1n) is 4.46. The Morgan fingerprint density at radius 2 is 1.76 bits per heavy atom. The number of nitrogens with zero attached hydrogens (tertiary/aromatic N) is 2. The van der Waals surface area contributed by atoms with Crippen LogP contribution in [-0.4, -0.2) is 9.78 Å². The summed E-state index contributed by atoms with van der Waals surface area (Å²) in [5.41, 5.74) is -0.204. The van der Waals surface area contributed by atoms with Crippen molar-refractivity contribution in [2.24, 2.45) is 0 Å². The maximum atomic E-state index is 12.4. The standard InChI is InChI=1S/C10H5ClF3IN2/c11-9-8(15)5-16-17(9)7-3-1-6(2-4-7)10(12,13)14/h1-5H. The maximum Gasteiger partial charge on any atom is 0.416 e. The number of benzene rings is 1. The molecule has 0 spiro atoms. The van der Waals surface area contributed by atoms with Crippen LogP contribution in [0.2, 0.25) is 5.15 Å². The van der Waals surface area contributed by atoms with Crippen molar-refractivity contribution in [1.29, 1.82) is 0 Å². The number of alkyl halides is 3. The lowest BCUT2D eigenvalue weighted by molar-refractivity contribution is -0.137. The maximum absolute atomic E-state index is 12.4. The minimum absolute atomic E-state index is 0.380. The third-order valence-electron chi connectivity index (χ3n) is 2.11. The first-order valence-corrected chi connectivity index (χ1v) is 5.92. The van der Waals surface area contributed by atoms with Gasteiger partial charge in [0.15, 0.2) is 0 Å². The fourth-order valence-corrected chi connectivity index (χ4v) is 1.83. The van der Waals surface area contributed by atoms with E-state index in [1.54, 1.807) is 6.20 Å². The molecule has 0 aliphatic rings. The van der Waals surface area contributed by atoms with Crippen LogP contribution >= 0.6 is 34.2 Å². The Morgan fingerprint density at radius 1 is 1.18 bits per heavy atom. The molecule has 2 aromatic rings. The first kappa shape index (κ1) is 12.7. The monoisotopic (exact) mass is 372 g/mol. The van der Waals surface area contributed by atoms with Crippen LogP contribution in [-0.2, 0) is 6.18 Å². The quantitative estimate of drug-likeness (QED) is 0.688. The molecule has 0 saturated carbocycles. The smallest absolute Gasteiger partial charge is 0.221 e. The lowest BCUT2D eigenvalue weighted by Crippen LogP contribution is -2.05. The van der Waals surface area contributed by atoms with E-state index in [-0.39, 0.29) is 0 Å². The Morgan fingerprint density at radius 3 is 2.18 bits per heavy atom. The van der Waals surface area contributed by atoms with Gasteiger partial charge in [0, 0.05) is 0 Å². The van der Waals surface area contributed by atoms with Crippen molar-refractivity contribution in [1.82, 2.24) is 9.78 Å². The molecule has 90 valence electrons. The molecule has 1 aromatic carbocycles. The number of rotatable bonds is 1. The highest BCUT2D eigenvalue weighted by molar-refractivity contribution is 14.1. The molecule has 17 heavy (non-hydrogen) atoms. The van der Waals surface area contributed by atoms with Gasteiger partial charge in [0.1, 0.15) is 5.15 Å². The molecular weight excluding hydrogens is 367 g/mol. The van der Waals surface area contributed by atoms with E-state index in [2.05, 4.69) is 5.10 Å². The summed E-state index contributed by atoms with van der Waals surface area (Å²) in [6.07, 6.45) is -2.79. The van der Waals surface area contributed by atoms with E-state index in [4.69, 9.17) is 11.6 Å². The molecule has 0 atom stereocenters. The van der Waals surface area contributed by atoms with E-state index in [1.165, 1.54) is 16.8 Å². The number of aromatic nitrogens is 2. The Labute approximate surface area is 114 Å². The van der Waals surface area contributed by atoms with Crippen molar-refractivity contribution < 1.29 is 13.2 Å². The largest absolute Gasteiger partial charge is 0.416 e. The first-order chi connectivity index (χ1) is 7.89. The highest BCUT2D eigenvalue weighted by atomic mass is 127. The van der Waals surface area contributed by atoms with Gasteiger partial charge in [0.2, 0.25) is 0 Å². The summed E-state index contributed by atoms with van der Waals surface area (Å²) >= 11 is 7.94. The fraction of sp³-hybridized carbons (Fsp3) is 0.100. The van der Waals surface area contributed by atoms with E-state index < -0.39 is 11.7 Å². The zero-order valence-corrected chi connectivity index (χ0v) is 11.1. The Kier molecular flexibility index (Phi) is 3.35. The molecule has 0 saturated heterocycles. The van der Waals surface area contributed by atoms with Crippen molar-refractivity contribution in [2.75, 3.05) is 0 Å². The molecule has 0 radical (unpaired) electrons. The van der Waals surface area contributed by atoms with Crippen LogP contribution in [0.4, 0.5) is 13.2 Å². The second-order valence-electron chi connectivity index (χ2n) is 3.24. The van der Waals surface area contributed by atoms with Crippen molar-refractivity contribution >= 4 is 34.2 Å². The van der Waals surface area contributed by atoms with Gasteiger partial charge in [-0.1, -0.05) is 11.6 Å². The molecule has 0 fully saturated rings. The molecule has 1 aromatic heterocycles. The van der Waals surface area contributed by atoms with Gasteiger partial charge in [-0.25, -0.2) is 4.68 Å². The van der Waals surface area contributed by atoms with Crippen LogP contribution in [0.1, 0.15) is 5.56 Å². The van der Waals surface area contributed by atoms with E-state index in [1.807, 2.05) is 22.6 Å². The molecule has 0 unspecified atom stereocenters. The lowest BCUT2D eigenvalue weighted by atomic mass is 10.2. The summed E-state index contributed by atoms with van der Waals surface area (Å²) in [7, 11) is 0. The predicted molar refractivity (Wildman–Crippen MR) is 66.3 cm³/mol. The van der Waals surface area contributed by atoms with Crippen molar-refractivity contribution in [3.63, 3.8) is 0 Å². The van der Waals surface area contributed by atoms with Crippen LogP contribution in [0, 0.1) is 3.57 Å². The highest BCUT2D eigenvalue weighted by Crippen LogP contribution is 2.30. The fourth-order valence-electron chi connectivity index (χ4n) is 1.29. The predicted octanol–water partition coefficient (Wildman–Crippen LogP) is 4.15. The summed E-state index contributed by atoms with van der Waals surface area (Å²) in [5, 5.41) is 4.35. The Bertz CT molecular complexity index is 533. The molecule has 7 heteroatoms. The Balaban J connectivity index is 2.40. The summed E-state index contributed by atoms with van der Waals surface area (Å²) in [4.78, 5) is 0. The van der Waals surface area contributed by atoms with E-state index in [0.29, 0.717) is 10.8 Å². The van der Waals surface area contributed by atoms with E-state index in [9.17, 15) is 13.2 Å². The van der Waals surface area contributed by atoms with Gasteiger partial charge in [0.05, 0.1) is 21.0 Å². The summed E-state index contributed by atoms with van der Waals surface area (Å²) in [6.45, 7) is 0. The van der Waals surface area contributed by atoms with Crippen LogP contribution in [0.25, 0.3) is 5.69 Å². The second-order valence-corrected chi connectivity index (χ2v) is 4.76. The van der Waals surface area contributed by atoms with Crippen LogP contribution < -0.4 is 0 Å². The van der Waals surface area contributed by atoms with Crippen molar-refractivity contribution in [2.45, 2.75) is 6.18 Å². The molecular formula is C10H5ClF3IN2. The average molecular weight is 373 g/mol. The molecule has 0 amide bonds. The highest BCUT2D eigenvalue weighted by Gasteiger charge is 2.30. The van der Waals surface area contributed by atoms with Crippen molar-refractivity contribution in [3.8, 4) is 5.69 Å². The van der Waals surface area contributed by atoms with Crippen LogP contribution in [0.15, 0.2) is 30.5 Å². The number of hydrogen-bond donors (Lipinski definition) is 0. The van der Waals surface area contributed by atoms with Gasteiger partial charge in [-0.2, -0.15) is 18.3 Å². The second kappa shape index (κ2) is 4.49. The van der Waals surface area contributed by atoms with Crippen LogP contribution in [0.5, 0.6) is 0 Å². The van der Waals surface area contributed by atoms with Gasteiger partial charge in [-0.15, -0.1) is 0 Å². The molecule has 2 rings (SSSR count). The minimum Gasteiger partial charge on any atom is -0.221 e. The topological polar surface area (TPSA) is 17.8 Å². The zero-order chi connectivity index (χ0) is 12.6. The molecule has 1 heterocycles. The molecule has 2 nitrogen and oxygen atoms in total. The summed E-state index contributed by atoms with van der Waals surface area (Å²) < 4.78 is 39.2. The average Bonchev–Trinajstić information content (AvgIpc) is 2.59. The third-order valence-corrected chi connectivity index (χ3v) is 3.58. The molecule has 0 N–H and O–H groups in total. The molecule has 0 aliphatic heterocycles. The van der Waals surface area contributed by atoms with E-state index in [0.717, 1.165) is 15.7 Å². The minimum atomic E-state index is -4.33. The van der Waals surface area contributed by atoms with Gasteiger partial charge in [0.25, 0.3) is 0 Å². The molecule has 0 aliphatic carbocycles. The normalized spacial score (nSPS) is 11.8. The summed E-state index contributed by atoms with van der Waals surface area (Å²) in [6, 6.07) is 4.66. The van der Waals surface area contributed by atoms with E-state index >= 15 is 0 Å². The number of halogens is 5. The third kappa shape index (κ3) is 2.57. The van der Waals surface area contributed by atoms with Gasteiger partial charge >= 0.3 is 6.18 Å². The van der Waals surface area contributed by atoms with Crippen LogP contribution in [0.3, 0.4) is 0 Å². The zero-order valence-electron chi connectivity index (χ0n) is 8.17.